The lowest BCUT2D eigenvalue weighted by molar-refractivity contribution is 0.321. The van der Waals surface area contributed by atoms with Crippen LogP contribution in [0.3, 0.4) is 0 Å². The van der Waals surface area contributed by atoms with Gasteiger partial charge in [-0.3, -0.25) is 0 Å². The third-order valence-electron chi connectivity index (χ3n) is 5.05. The third kappa shape index (κ3) is 2.96. The molecule has 2 heterocycles. The molecule has 0 spiro atoms. The molecule has 2 N–H and O–H groups in total. The van der Waals surface area contributed by atoms with E-state index < -0.39 is 0 Å². The van der Waals surface area contributed by atoms with Crippen LogP contribution in [0.1, 0.15) is 43.7 Å². The fourth-order valence-electron chi connectivity index (χ4n) is 3.88. The number of para-hydroxylation sites is 1. The number of nitrogens with zero attached hydrogens (tertiary/aromatic N) is 1. The highest BCUT2D eigenvalue weighted by Gasteiger charge is 2.27. The van der Waals surface area contributed by atoms with Crippen LogP contribution in [0.5, 0.6) is 0 Å². The average molecular weight is 305 g/mol. The molecule has 1 atom stereocenters. The number of benzene rings is 1. The lowest BCUT2D eigenvalue weighted by Crippen LogP contribution is -2.23. The Morgan fingerprint density at radius 1 is 1.00 bits per heavy atom. The van der Waals surface area contributed by atoms with Crippen LogP contribution >= 0.6 is 0 Å². The summed E-state index contributed by atoms with van der Waals surface area (Å²) in [5, 5.41) is 5.04. The highest BCUT2D eigenvalue weighted by atomic mass is 15.0. The molecule has 118 valence electrons. The van der Waals surface area contributed by atoms with Gasteiger partial charge in [0.05, 0.1) is 6.04 Å². The predicted octanol–water partition coefficient (Wildman–Crippen LogP) is 5.30. The molecular formula is C20H23N3. The Morgan fingerprint density at radius 3 is 2.65 bits per heavy atom. The molecule has 0 amide bonds. The Hall–Kier alpha value is -2.29. The monoisotopic (exact) mass is 305 g/mol. The van der Waals surface area contributed by atoms with Crippen molar-refractivity contribution in [3.05, 3.63) is 60.4 Å². The van der Waals surface area contributed by atoms with Crippen LogP contribution in [0.15, 0.2) is 54.9 Å². The molecule has 3 aromatic rings. The summed E-state index contributed by atoms with van der Waals surface area (Å²) in [6.07, 6.45) is 10.7. The number of anilines is 1. The van der Waals surface area contributed by atoms with E-state index >= 15 is 0 Å². The molecule has 2 aromatic heterocycles. The molecule has 23 heavy (non-hydrogen) atoms. The van der Waals surface area contributed by atoms with Crippen molar-refractivity contribution < 1.29 is 0 Å². The molecule has 1 fully saturated rings. The first-order valence-corrected chi connectivity index (χ1v) is 8.65. The number of aromatic amines is 1. The summed E-state index contributed by atoms with van der Waals surface area (Å²) >= 11 is 0. The Balaban J connectivity index is 1.72. The first kappa shape index (κ1) is 14.3. The van der Waals surface area contributed by atoms with E-state index in [4.69, 9.17) is 0 Å². The van der Waals surface area contributed by atoms with Crippen molar-refractivity contribution in [1.29, 1.82) is 0 Å². The SMILES string of the molecule is c1ccc(NC(c2c[nH]c3ccccc23)C2CCCCC2)nc1. The van der Waals surface area contributed by atoms with Crippen LogP contribution in [0.4, 0.5) is 5.82 Å². The second-order valence-electron chi connectivity index (χ2n) is 6.52. The van der Waals surface area contributed by atoms with Crippen LogP contribution in [-0.4, -0.2) is 9.97 Å². The first-order valence-electron chi connectivity index (χ1n) is 8.65. The molecule has 3 heteroatoms. The fraction of sp³-hybridized carbons (Fsp3) is 0.350. The fourth-order valence-corrected chi connectivity index (χ4v) is 3.88. The highest BCUT2D eigenvalue weighted by molar-refractivity contribution is 5.84. The van der Waals surface area contributed by atoms with Gasteiger partial charge in [0.2, 0.25) is 0 Å². The minimum Gasteiger partial charge on any atom is -0.363 e. The Morgan fingerprint density at radius 2 is 1.83 bits per heavy atom. The molecular weight excluding hydrogens is 282 g/mol. The second-order valence-corrected chi connectivity index (χ2v) is 6.52. The van der Waals surface area contributed by atoms with Gasteiger partial charge in [-0.15, -0.1) is 0 Å². The van der Waals surface area contributed by atoms with Gasteiger partial charge in [0.25, 0.3) is 0 Å². The highest BCUT2D eigenvalue weighted by Crippen LogP contribution is 2.38. The van der Waals surface area contributed by atoms with E-state index in [2.05, 4.69) is 51.8 Å². The van der Waals surface area contributed by atoms with Gasteiger partial charge >= 0.3 is 0 Å². The Bertz CT molecular complexity index is 757. The van der Waals surface area contributed by atoms with Gasteiger partial charge in [-0.1, -0.05) is 43.5 Å². The van der Waals surface area contributed by atoms with Crippen molar-refractivity contribution >= 4 is 16.7 Å². The normalized spacial score (nSPS) is 17.2. The molecule has 4 rings (SSSR count). The number of fused-ring (bicyclic) bond motifs is 1. The van der Waals surface area contributed by atoms with Gasteiger partial charge in [0.1, 0.15) is 5.82 Å². The van der Waals surface area contributed by atoms with Crippen molar-refractivity contribution in [2.24, 2.45) is 5.92 Å². The molecule has 0 saturated heterocycles. The van der Waals surface area contributed by atoms with Crippen molar-refractivity contribution in [3.8, 4) is 0 Å². The van der Waals surface area contributed by atoms with Gasteiger partial charge in [-0.2, -0.15) is 0 Å². The van der Waals surface area contributed by atoms with Crippen LogP contribution in [0, 0.1) is 5.92 Å². The number of hydrogen-bond acceptors (Lipinski definition) is 2. The predicted molar refractivity (Wildman–Crippen MR) is 95.5 cm³/mol. The molecule has 0 aliphatic heterocycles. The summed E-state index contributed by atoms with van der Waals surface area (Å²) in [5.74, 6) is 1.64. The lowest BCUT2D eigenvalue weighted by atomic mass is 9.81. The molecule has 3 nitrogen and oxygen atoms in total. The number of aromatic nitrogens is 2. The number of H-pyrrole nitrogens is 1. The summed E-state index contributed by atoms with van der Waals surface area (Å²) in [7, 11) is 0. The van der Waals surface area contributed by atoms with Crippen LogP contribution in [0.2, 0.25) is 0 Å². The van der Waals surface area contributed by atoms with Crippen molar-refractivity contribution in [3.63, 3.8) is 0 Å². The van der Waals surface area contributed by atoms with Gasteiger partial charge in [0.15, 0.2) is 0 Å². The number of nitrogens with one attached hydrogen (secondary N) is 2. The zero-order valence-corrected chi connectivity index (χ0v) is 13.3. The van der Waals surface area contributed by atoms with E-state index in [1.807, 2.05) is 18.3 Å². The maximum atomic E-state index is 4.48. The van der Waals surface area contributed by atoms with Crippen molar-refractivity contribution in [2.75, 3.05) is 5.32 Å². The molecule has 1 unspecified atom stereocenters. The second kappa shape index (κ2) is 6.45. The standard InChI is InChI=1S/C20H23N3/c1-2-8-15(9-3-1)20(23-19-12-6-7-13-21-19)17-14-22-18-11-5-4-10-16(17)18/h4-7,10-15,20,22H,1-3,8-9H2,(H,21,23). The van der Waals surface area contributed by atoms with E-state index in [1.54, 1.807) is 0 Å². The Kier molecular flexibility index (Phi) is 4.01. The summed E-state index contributed by atoms with van der Waals surface area (Å²) in [6.45, 7) is 0. The van der Waals surface area contributed by atoms with Crippen LogP contribution in [0.25, 0.3) is 10.9 Å². The minimum atomic E-state index is 0.321. The topological polar surface area (TPSA) is 40.7 Å². The summed E-state index contributed by atoms with van der Waals surface area (Å²) in [6, 6.07) is 15.0. The summed E-state index contributed by atoms with van der Waals surface area (Å²) in [4.78, 5) is 7.92. The third-order valence-corrected chi connectivity index (χ3v) is 5.05. The lowest BCUT2D eigenvalue weighted by Gasteiger charge is -2.31. The zero-order chi connectivity index (χ0) is 15.5. The van der Waals surface area contributed by atoms with E-state index in [-0.39, 0.29) is 0 Å². The largest absolute Gasteiger partial charge is 0.363 e. The molecule has 1 saturated carbocycles. The van der Waals surface area contributed by atoms with Gasteiger partial charge in [0, 0.05) is 23.3 Å². The quantitative estimate of drug-likeness (QED) is 0.687. The molecule has 0 radical (unpaired) electrons. The smallest absolute Gasteiger partial charge is 0.126 e. The van der Waals surface area contributed by atoms with Crippen LogP contribution in [-0.2, 0) is 0 Å². The van der Waals surface area contributed by atoms with Gasteiger partial charge < -0.3 is 10.3 Å². The van der Waals surface area contributed by atoms with Crippen LogP contribution < -0.4 is 5.32 Å². The van der Waals surface area contributed by atoms with Crippen molar-refractivity contribution in [2.45, 2.75) is 38.1 Å². The first-order chi connectivity index (χ1) is 11.4. The minimum absolute atomic E-state index is 0.321. The molecule has 0 bridgehead atoms. The van der Waals surface area contributed by atoms with E-state index in [0.29, 0.717) is 12.0 Å². The maximum absolute atomic E-state index is 4.48. The van der Waals surface area contributed by atoms with Gasteiger partial charge in [-0.05, 0) is 42.5 Å². The summed E-state index contributed by atoms with van der Waals surface area (Å²) < 4.78 is 0. The Labute approximate surface area is 137 Å². The van der Waals surface area contributed by atoms with E-state index in [9.17, 15) is 0 Å². The van der Waals surface area contributed by atoms with Gasteiger partial charge in [-0.25, -0.2) is 4.98 Å². The number of hydrogen-bond donors (Lipinski definition) is 2. The molecule has 1 aliphatic carbocycles. The summed E-state index contributed by atoms with van der Waals surface area (Å²) in [5.41, 5.74) is 2.59. The average Bonchev–Trinajstić information content (AvgIpc) is 3.05. The van der Waals surface area contributed by atoms with E-state index in [0.717, 1.165) is 5.82 Å². The number of pyridine rings is 1. The molecule has 1 aromatic carbocycles. The van der Waals surface area contributed by atoms with Crippen molar-refractivity contribution in [1.82, 2.24) is 9.97 Å². The van der Waals surface area contributed by atoms with E-state index in [1.165, 1.54) is 48.6 Å². The number of rotatable bonds is 4. The zero-order valence-electron chi connectivity index (χ0n) is 13.3. The molecule has 1 aliphatic rings. The maximum Gasteiger partial charge on any atom is 0.126 e.